The summed E-state index contributed by atoms with van der Waals surface area (Å²) in [5.41, 5.74) is 4.74. The molecule has 0 spiro atoms. The first-order chi connectivity index (χ1) is 16.9. The van der Waals surface area contributed by atoms with Gasteiger partial charge in [0.05, 0.1) is 19.2 Å². The molecular weight excluding hydrogens is 448 g/mol. The van der Waals surface area contributed by atoms with Crippen molar-refractivity contribution >= 4 is 23.7 Å². The Morgan fingerprint density at radius 3 is 2.11 bits per heavy atom. The summed E-state index contributed by atoms with van der Waals surface area (Å²) in [6.45, 7) is 0.0518. The number of hydrogen-bond donors (Lipinski definition) is 2. The highest BCUT2D eigenvalue weighted by Crippen LogP contribution is 2.44. The second-order valence-corrected chi connectivity index (χ2v) is 8.19. The van der Waals surface area contributed by atoms with Crippen LogP contribution in [0.15, 0.2) is 72.8 Å². The summed E-state index contributed by atoms with van der Waals surface area (Å²) in [6, 6.07) is 21.4. The van der Waals surface area contributed by atoms with Crippen LogP contribution in [0.5, 0.6) is 5.75 Å². The molecule has 0 saturated carbocycles. The third-order valence-corrected chi connectivity index (χ3v) is 6.09. The summed E-state index contributed by atoms with van der Waals surface area (Å²) in [4.78, 5) is 38.5. The number of nitrogens with one attached hydrogen (secondary N) is 1. The lowest BCUT2D eigenvalue weighted by Crippen LogP contribution is -2.49. The predicted octanol–water partition coefficient (Wildman–Crippen LogP) is 4.04. The summed E-state index contributed by atoms with van der Waals surface area (Å²) in [5.74, 6) is -1.54. The van der Waals surface area contributed by atoms with Crippen molar-refractivity contribution in [2.75, 3.05) is 25.7 Å². The van der Waals surface area contributed by atoms with E-state index in [4.69, 9.17) is 9.47 Å². The number of carbonyl (C=O) groups is 3. The Balaban J connectivity index is 1.47. The van der Waals surface area contributed by atoms with Gasteiger partial charge in [-0.1, -0.05) is 60.7 Å². The molecule has 0 aromatic heterocycles. The van der Waals surface area contributed by atoms with Gasteiger partial charge in [0.25, 0.3) is 0 Å². The number of hydrogen-bond acceptors (Lipinski definition) is 5. The maximum absolute atomic E-state index is 13.1. The van der Waals surface area contributed by atoms with E-state index in [9.17, 15) is 19.5 Å². The first-order valence-electron chi connectivity index (χ1n) is 11.1. The van der Waals surface area contributed by atoms with Gasteiger partial charge in [-0.05, 0) is 34.4 Å². The van der Waals surface area contributed by atoms with Crippen molar-refractivity contribution < 1.29 is 29.0 Å². The maximum atomic E-state index is 13.1. The first kappa shape index (κ1) is 23.8. The van der Waals surface area contributed by atoms with Crippen molar-refractivity contribution in [1.29, 1.82) is 0 Å². The fourth-order valence-corrected chi connectivity index (χ4v) is 4.42. The molecule has 1 unspecified atom stereocenters. The average molecular weight is 475 g/mol. The zero-order chi connectivity index (χ0) is 24.9. The molecule has 1 aliphatic carbocycles. The summed E-state index contributed by atoms with van der Waals surface area (Å²) < 4.78 is 10.8. The number of amides is 2. The van der Waals surface area contributed by atoms with Gasteiger partial charge in [-0.3, -0.25) is 9.59 Å². The van der Waals surface area contributed by atoms with E-state index in [1.54, 1.807) is 24.3 Å². The van der Waals surface area contributed by atoms with Crippen LogP contribution < -0.4 is 15.0 Å². The third kappa shape index (κ3) is 4.96. The molecule has 8 heteroatoms. The normalized spacial score (nSPS) is 12.7. The molecule has 4 rings (SSSR count). The van der Waals surface area contributed by atoms with Gasteiger partial charge in [0.15, 0.2) is 0 Å². The van der Waals surface area contributed by atoms with Crippen LogP contribution in [0.4, 0.5) is 10.5 Å². The van der Waals surface area contributed by atoms with Gasteiger partial charge in [0.2, 0.25) is 5.91 Å². The monoisotopic (exact) mass is 474 g/mol. The van der Waals surface area contributed by atoms with Crippen LogP contribution in [0.25, 0.3) is 11.1 Å². The fraction of sp³-hybridized carbons (Fsp3) is 0.222. The molecule has 3 aromatic carbocycles. The number of rotatable bonds is 8. The quantitative estimate of drug-likeness (QED) is 0.511. The summed E-state index contributed by atoms with van der Waals surface area (Å²) in [6.07, 6.45) is -1.46. The molecule has 180 valence electrons. The number of alkyl carbamates (subject to hydrolysis) is 1. The number of carboxylic acids is 1. The minimum absolute atomic E-state index is 0.0518. The summed E-state index contributed by atoms with van der Waals surface area (Å²) in [5, 5.41) is 11.8. The number of fused-ring (bicyclic) bond motifs is 3. The minimum atomic E-state index is -1.32. The van der Waals surface area contributed by atoms with Crippen molar-refractivity contribution in [3.05, 3.63) is 83.9 Å². The maximum Gasteiger partial charge on any atom is 0.407 e. The largest absolute Gasteiger partial charge is 0.495 e. The van der Waals surface area contributed by atoms with Gasteiger partial charge in [0, 0.05) is 13.0 Å². The molecule has 2 amide bonds. The standard InChI is InChI=1S/C27H26N2O6/c1-29(23-13-7-8-14-24(23)34-2)26(32)22(15-25(30)31)28-27(33)35-16-21-19-11-5-3-9-17(19)18-10-4-6-12-20(18)21/h3-14,21-22H,15-16H2,1-2H3,(H,28,33)(H,30,31). The van der Waals surface area contributed by atoms with E-state index in [-0.39, 0.29) is 12.5 Å². The molecule has 0 bridgehead atoms. The number of ether oxygens (including phenoxy) is 2. The van der Waals surface area contributed by atoms with E-state index < -0.39 is 30.4 Å². The average Bonchev–Trinajstić information content (AvgIpc) is 3.19. The Bertz CT molecular complexity index is 1210. The van der Waals surface area contributed by atoms with Gasteiger partial charge in [-0.25, -0.2) is 4.79 Å². The minimum Gasteiger partial charge on any atom is -0.495 e. The van der Waals surface area contributed by atoms with E-state index in [2.05, 4.69) is 5.32 Å². The number of benzene rings is 3. The van der Waals surface area contributed by atoms with Gasteiger partial charge >= 0.3 is 12.1 Å². The van der Waals surface area contributed by atoms with Gasteiger partial charge < -0.3 is 24.8 Å². The second-order valence-electron chi connectivity index (χ2n) is 8.19. The number of carboxylic acid groups (broad SMARTS) is 1. The number of aliphatic carboxylic acids is 1. The van der Waals surface area contributed by atoms with E-state index in [1.807, 2.05) is 48.5 Å². The third-order valence-electron chi connectivity index (χ3n) is 6.09. The van der Waals surface area contributed by atoms with Crippen molar-refractivity contribution in [2.45, 2.75) is 18.4 Å². The van der Waals surface area contributed by atoms with Crippen molar-refractivity contribution in [3.8, 4) is 16.9 Å². The molecule has 8 nitrogen and oxygen atoms in total. The summed E-state index contributed by atoms with van der Waals surface area (Å²) in [7, 11) is 2.97. The van der Waals surface area contributed by atoms with Gasteiger partial charge in [-0.15, -0.1) is 0 Å². The molecular formula is C27H26N2O6. The second kappa shape index (κ2) is 10.3. The van der Waals surface area contributed by atoms with E-state index >= 15 is 0 Å². The van der Waals surface area contributed by atoms with Crippen molar-refractivity contribution in [1.82, 2.24) is 5.32 Å². The Labute approximate surface area is 203 Å². The van der Waals surface area contributed by atoms with Crippen LogP contribution in [0.2, 0.25) is 0 Å². The number of carbonyl (C=O) groups excluding carboxylic acids is 2. The van der Waals surface area contributed by atoms with Crippen molar-refractivity contribution in [3.63, 3.8) is 0 Å². The highest BCUT2D eigenvalue weighted by atomic mass is 16.5. The number of likely N-dealkylation sites (N-methyl/N-ethyl adjacent to an activating group) is 1. The Hall–Kier alpha value is -4.33. The van der Waals surface area contributed by atoms with Crippen molar-refractivity contribution in [2.24, 2.45) is 0 Å². The molecule has 1 atom stereocenters. The van der Waals surface area contributed by atoms with Crippen LogP contribution in [0.3, 0.4) is 0 Å². The lowest BCUT2D eigenvalue weighted by atomic mass is 9.98. The zero-order valence-electron chi connectivity index (χ0n) is 19.4. The molecule has 0 fully saturated rings. The lowest BCUT2D eigenvalue weighted by molar-refractivity contribution is -0.139. The molecule has 2 N–H and O–H groups in total. The molecule has 0 saturated heterocycles. The Morgan fingerprint density at radius 1 is 0.943 bits per heavy atom. The molecule has 0 heterocycles. The number of para-hydroxylation sites is 2. The Morgan fingerprint density at radius 2 is 1.51 bits per heavy atom. The number of nitrogens with zero attached hydrogens (tertiary/aromatic N) is 1. The van der Waals surface area contributed by atoms with Crippen LogP contribution in [0.1, 0.15) is 23.5 Å². The van der Waals surface area contributed by atoms with E-state index in [1.165, 1.54) is 19.1 Å². The number of methoxy groups -OCH3 is 1. The van der Waals surface area contributed by atoms with Crippen LogP contribution in [-0.2, 0) is 14.3 Å². The SMILES string of the molecule is COc1ccccc1N(C)C(=O)C(CC(=O)O)NC(=O)OCC1c2ccccc2-c2ccccc21. The first-order valence-corrected chi connectivity index (χ1v) is 11.1. The van der Waals surface area contributed by atoms with Crippen LogP contribution >= 0.6 is 0 Å². The van der Waals surface area contributed by atoms with Gasteiger partial charge in [-0.2, -0.15) is 0 Å². The topological polar surface area (TPSA) is 105 Å². The highest BCUT2D eigenvalue weighted by molar-refractivity contribution is 6.01. The lowest BCUT2D eigenvalue weighted by Gasteiger charge is -2.25. The zero-order valence-corrected chi connectivity index (χ0v) is 19.4. The fourth-order valence-electron chi connectivity index (χ4n) is 4.42. The molecule has 1 aliphatic rings. The van der Waals surface area contributed by atoms with Crippen LogP contribution in [0, 0.1) is 0 Å². The molecule has 0 radical (unpaired) electrons. The highest BCUT2D eigenvalue weighted by Gasteiger charge is 2.31. The molecule has 35 heavy (non-hydrogen) atoms. The van der Waals surface area contributed by atoms with E-state index in [0.717, 1.165) is 22.3 Å². The van der Waals surface area contributed by atoms with E-state index in [0.29, 0.717) is 11.4 Å². The molecule has 0 aliphatic heterocycles. The smallest absolute Gasteiger partial charge is 0.407 e. The van der Waals surface area contributed by atoms with Crippen LogP contribution in [-0.4, -0.2) is 49.9 Å². The summed E-state index contributed by atoms with van der Waals surface area (Å²) >= 11 is 0. The number of anilines is 1. The van der Waals surface area contributed by atoms with Gasteiger partial charge in [0.1, 0.15) is 18.4 Å². The predicted molar refractivity (Wildman–Crippen MR) is 131 cm³/mol. The molecule has 3 aromatic rings. The Kier molecular flexibility index (Phi) is 7.01.